The Balaban J connectivity index is 1.57. The van der Waals surface area contributed by atoms with Crippen LogP contribution in [0.3, 0.4) is 0 Å². The van der Waals surface area contributed by atoms with Crippen LogP contribution < -0.4 is 14.8 Å². The van der Waals surface area contributed by atoms with Crippen molar-refractivity contribution < 1.29 is 14.3 Å². The second kappa shape index (κ2) is 6.95. The van der Waals surface area contributed by atoms with Gasteiger partial charge in [-0.15, -0.1) is 0 Å². The van der Waals surface area contributed by atoms with Crippen molar-refractivity contribution in [1.82, 2.24) is 15.1 Å². The summed E-state index contributed by atoms with van der Waals surface area (Å²) in [5, 5.41) is 3.42. The zero-order chi connectivity index (χ0) is 16.4. The van der Waals surface area contributed by atoms with Crippen LogP contribution in [-0.2, 0) is 0 Å². The third-order valence-corrected chi connectivity index (χ3v) is 4.48. The van der Waals surface area contributed by atoms with Gasteiger partial charge in [-0.25, -0.2) is 0 Å². The van der Waals surface area contributed by atoms with Crippen molar-refractivity contribution in [3.63, 3.8) is 0 Å². The molecule has 2 aliphatic heterocycles. The number of rotatable bonds is 4. The van der Waals surface area contributed by atoms with E-state index in [1.165, 1.54) is 0 Å². The van der Waals surface area contributed by atoms with Crippen molar-refractivity contribution in [2.75, 3.05) is 46.6 Å². The summed E-state index contributed by atoms with van der Waals surface area (Å²) in [5.41, 5.74) is 0.490. The monoisotopic (exact) mass is 339 g/mol. The normalized spacial score (nSPS) is 19.6. The fourth-order valence-electron chi connectivity index (χ4n) is 2.87. The summed E-state index contributed by atoms with van der Waals surface area (Å²) in [4.78, 5) is 17.1. The highest BCUT2D eigenvalue weighted by Crippen LogP contribution is 2.39. The molecule has 1 amide bonds. The van der Waals surface area contributed by atoms with Gasteiger partial charge in [0.15, 0.2) is 11.5 Å². The Labute approximate surface area is 141 Å². The number of benzene rings is 1. The van der Waals surface area contributed by atoms with Crippen molar-refractivity contribution in [1.29, 1.82) is 0 Å². The number of fused-ring (bicyclic) bond motifs is 1. The zero-order valence-electron chi connectivity index (χ0n) is 13.5. The molecule has 1 N–H and O–H groups in total. The summed E-state index contributed by atoms with van der Waals surface area (Å²) >= 11 is 6.13. The lowest BCUT2D eigenvalue weighted by Gasteiger charge is -2.34. The minimum absolute atomic E-state index is 0.0649. The lowest BCUT2D eigenvalue weighted by molar-refractivity contribution is 0.0914. The van der Waals surface area contributed by atoms with Crippen LogP contribution in [0.5, 0.6) is 11.5 Å². The van der Waals surface area contributed by atoms with Crippen molar-refractivity contribution in [2.45, 2.75) is 13.0 Å². The number of nitrogens with one attached hydrogen (secondary N) is 1. The van der Waals surface area contributed by atoms with E-state index in [9.17, 15) is 4.79 Å². The maximum Gasteiger partial charge on any atom is 0.251 e. The number of halogens is 1. The average Bonchev–Trinajstić information content (AvgIpc) is 2.98. The highest BCUT2D eigenvalue weighted by atomic mass is 35.5. The number of ether oxygens (including phenoxy) is 2. The molecule has 7 heteroatoms. The van der Waals surface area contributed by atoms with E-state index in [-0.39, 0.29) is 18.7 Å². The molecule has 1 fully saturated rings. The predicted octanol–water partition coefficient (Wildman–Crippen LogP) is 1.43. The van der Waals surface area contributed by atoms with Gasteiger partial charge in [-0.1, -0.05) is 11.6 Å². The molecule has 23 heavy (non-hydrogen) atoms. The number of carbonyl (C=O) groups excluding carboxylic acids is 1. The number of hydrogen-bond donors (Lipinski definition) is 1. The summed E-state index contributed by atoms with van der Waals surface area (Å²) in [6.45, 7) is 7.21. The third kappa shape index (κ3) is 3.88. The molecule has 1 aromatic carbocycles. The van der Waals surface area contributed by atoms with Gasteiger partial charge in [0, 0.05) is 44.3 Å². The summed E-state index contributed by atoms with van der Waals surface area (Å²) in [6.07, 6.45) is 0. The van der Waals surface area contributed by atoms with Gasteiger partial charge < -0.3 is 19.7 Å². The van der Waals surface area contributed by atoms with E-state index in [4.69, 9.17) is 21.1 Å². The topological polar surface area (TPSA) is 54.0 Å². The van der Waals surface area contributed by atoms with Crippen molar-refractivity contribution in [2.24, 2.45) is 0 Å². The maximum absolute atomic E-state index is 12.4. The van der Waals surface area contributed by atoms with Crippen LogP contribution in [0.4, 0.5) is 0 Å². The molecule has 0 aromatic heterocycles. The van der Waals surface area contributed by atoms with Crippen molar-refractivity contribution in [3.8, 4) is 11.5 Å². The molecule has 0 bridgehead atoms. The molecule has 2 heterocycles. The Bertz CT molecular complexity index is 588. The molecule has 0 unspecified atom stereocenters. The Morgan fingerprint density at radius 2 is 2.04 bits per heavy atom. The van der Waals surface area contributed by atoms with E-state index in [1.54, 1.807) is 12.1 Å². The molecular formula is C16H22ClN3O3. The SMILES string of the molecule is C[C@@H](CN1CCN(C)CC1)NC(=O)c1cc(Cl)c2c(c1)OCO2. The molecule has 2 aliphatic rings. The van der Waals surface area contributed by atoms with Crippen molar-refractivity contribution in [3.05, 3.63) is 22.7 Å². The molecular weight excluding hydrogens is 318 g/mol. The van der Waals surface area contributed by atoms with Crippen LogP contribution in [0, 0.1) is 0 Å². The number of nitrogens with zero attached hydrogens (tertiary/aromatic N) is 2. The first kappa shape index (κ1) is 16.4. The van der Waals surface area contributed by atoms with Crippen LogP contribution >= 0.6 is 11.6 Å². The highest BCUT2D eigenvalue weighted by molar-refractivity contribution is 6.32. The van der Waals surface area contributed by atoms with E-state index >= 15 is 0 Å². The van der Waals surface area contributed by atoms with Gasteiger partial charge in [0.2, 0.25) is 6.79 Å². The number of carbonyl (C=O) groups is 1. The average molecular weight is 340 g/mol. The van der Waals surface area contributed by atoms with Gasteiger partial charge in [-0.05, 0) is 26.1 Å². The van der Waals surface area contributed by atoms with Gasteiger partial charge in [0.05, 0.1) is 5.02 Å². The summed E-state index contributed by atoms with van der Waals surface area (Å²) in [5.74, 6) is 0.884. The molecule has 126 valence electrons. The van der Waals surface area contributed by atoms with Gasteiger partial charge in [0.1, 0.15) is 0 Å². The van der Waals surface area contributed by atoms with Gasteiger partial charge >= 0.3 is 0 Å². The minimum atomic E-state index is -0.146. The second-order valence-corrected chi connectivity index (χ2v) is 6.58. The fourth-order valence-corrected chi connectivity index (χ4v) is 3.13. The molecule has 3 rings (SSSR count). The molecule has 0 aliphatic carbocycles. The standard InChI is InChI=1S/C16H22ClN3O3/c1-11(9-20-5-3-19(2)4-6-20)18-16(21)12-7-13(17)15-14(8-12)22-10-23-15/h7-8,11H,3-6,9-10H2,1-2H3,(H,18,21)/t11-/m0/s1. The largest absolute Gasteiger partial charge is 0.454 e. The number of hydrogen-bond acceptors (Lipinski definition) is 5. The zero-order valence-corrected chi connectivity index (χ0v) is 14.2. The molecule has 0 radical (unpaired) electrons. The molecule has 1 aromatic rings. The minimum Gasteiger partial charge on any atom is -0.454 e. The van der Waals surface area contributed by atoms with Gasteiger partial charge in [-0.2, -0.15) is 0 Å². The predicted molar refractivity (Wildman–Crippen MR) is 88.4 cm³/mol. The first-order valence-electron chi connectivity index (χ1n) is 7.84. The maximum atomic E-state index is 12.4. The second-order valence-electron chi connectivity index (χ2n) is 6.17. The quantitative estimate of drug-likeness (QED) is 0.899. The Hall–Kier alpha value is -1.50. The molecule has 1 atom stereocenters. The van der Waals surface area contributed by atoms with Crippen molar-refractivity contribution >= 4 is 17.5 Å². The lowest BCUT2D eigenvalue weighted by atomic mass is 10.1. The summed E-state index contributed by atoms with van der Waals surface area (Å²) in [7, 11) is 2.13. The fraction of sp³-hybridized carbons (Fsp3) is 0.562. The molecule has 1 saturated heterocycles. The molecule has 6 nitrogen and oxygen atoms in total. The molecule has 0 saturated carbocycles. The van der Waals surface area contributed by atoms with E-state index < -0.39 is 0 Å². The Morgan fingerprint density at radius 3 is 2.78 bits per heavy atom. The van der Waals surface area contributed by atoms with E-state index in [1.807, 2.05) is 6.92 Å². The van der Waals surface area contributed by atoms with E-state index in [0.29, 0.717) is 22.1 Å². The van der Waals surface area contributed by atoms with Crippen LogP contribution in [0.1, 0.15) is 17.3 Å². The first-order valence-corrected chi connectivity index (χ1v) is 8.21. The van der Waals surface area contributed by atoms with E-state index in [2.05, 4.69) is 22.2 Å². The number of amides is 1. The molecule has 0 spiro atoms. The third-order valence-electron chi connectivity index (χ3n) is 4.19. The number of piperazine rings is 1. The van der Waals surface area contributed by atoms with E-state index in [0.717, 1.165) is 32.7 Å². The Morgan fingerprint density at radius 1 is 1.30 bits per heavy atom. The lowest BCUT2D eigenvalue weighted by Crippen LogP contribution is -2.49. The van der Waals surface area contributed by atoms with Gasteiger partial charge in [-0.3, -0.25) is 9.69 Å². The summed E-state index contributed by atoms with van der Waals surface area (Å²) in [6, 6.07) is 3.36. The van der Waals surface area contributed by atoms with Crippen LogP contribution in [-0.4, -0.2) is 68.3 Å². The summed E-state index contributed by atoms with van der Waals surface area (Å²) < 4.78 is 10.6. The van der Waals surface area contributed by atoms with Gasteiger partial charge in [0.25, 0.3) is 5.91 Å². The Kier molecular flexibility index (Phi) is 4.94. The van der Waals surface area contributed by atoms with Crippen LogP contribution in [0.2, 0.25) is 5.02 Å². The number of likely N-dealkylation sites (N-methyl/N-ethyl adjacent to an activating group) is 1. The van der Waals surface area contributed by atoms with Crippen LogP contribution in [0.25, 0.3) is 0 Å². The first-order chi connectivity index (χ1) is 11.0. The highest BCUT2D eigenvalue weighted by Gasteiger charge is 2.22. The smallest absolute Gasteiger partial charge is 0.251 e. The van der Waals surface area contributed by atoms with Crippen LogP contribution in [0.15, 0.2) is 12.1 Å².